The molecule has 3 heteroatoms. The summed E-state index contributed by atoms with van der Waals surface area (Å²) in [5.41, 5.74) is 0. The van der Waals surface area contributed by atoms with Crippen molar-refractivity contribution >= 4 is 11.3 Å². The number of aliphatic hydroxyl groups is 1. The molecule has 0 aliphatic rings. The molecule has 0 saturated carbocycles. The van der Waals surface area contributed by atoms with Crippen LogP contribution >= 0.6 is 11.3 Å². The fourth-order valence-corrected chi connectivity index (χ4v) is 2.17. The van der Waals surface area contributed by atoms with Crippen LogP contribution in [0.15, 0.2) is 17.5 Å². The molecule has 0 aliphatic carbocycles. The first-order chi connectivity index (χ1) is 7.15. The molecule has 0 aromatic carbocycles. The molecular weight excluding hydrogens is 206 g/mol. The lowest BCUT2D eigenvalue weighted by Gasteiger charge is -2.20. The zero-order chi connectivity index (χ0) is 11.3. The smallest absolute Gasteiger partial charge is 0.0690 e. The second kappa shape index (κ2) is 6.26. The summed E-state index contributed by atoms with van der Waals surface area (Å²) in [6.45, 7) is 7.00. The van der Waals surface area contributed by atoms with Crippen LogP contribution in [0.4, 0.5) is 0 Å². The third kappa shape index (κ3) is 3.93. The Morgan fingerprint density at radius 1 is 1.47 bits per heavy atom. The predicted molar refractivity (Wildman–Crippen MR) is 66.2 cm³/mol. The first kappa shape index (κ1) is 12.7. The monoisotopic (exact) mass is 227 g/mol. The van der Waals surface area contributed by atoms with Crippen molar-refractivity contribution in [2.75, 3.05) is 6.54 Å². The highest BCUT2D eigenvalue weighted by Gasteiger charge is 2.13. The molecule has 1 rings (SSSR count). The summed E-state index contributed by atoms with van der Waals surface area (Å²) in [4.78, 5) is 1.33. The maximum atomic E-state index is 9.80. The van der Waals surface area contributed by atoms with Crippen LogP contribution in [0.3, 0.4) is 0 Å². The fourth-order valence-electron chi connectivity index (χ4n) is 1.41. The van der Waals surface area contributed by atoms with E-state index in [1.54, 1.807) is 11.3 Å². The molecule has 2 N–H and O–H groups in total. The average Bonchev–Trinajstić information content (AvgIpc) is 2.77. The van der Waals surface area contributed by atoms with Crippen molar-refractivity contribution in [2.45, 2.75) is 39.3 Å². The highest BCUT2D eigenvalue weighted by molar-refractivity contribution is 7.10. The Kier molecular flexibility index (Phi) is 5.29. The number of nitrogens with one attached hydrogen (secondary N) is 1. The van der Waals surface area contributed by atoms with E-state index in [1.165, 1.54) is 4.88 Å². The highest BCUT2D eigenvalue weighted by atomic mass is 32.1. The van der Waals surface area contributed by atoms with Gasteiger partial charge in [0, 0.05) is 17.5 Å². The summed E-state index contributed by atoms with van der Waals surface area (Å²) in [6.07, 6.45) is 0.786. The second-order valence-corrected chi connectivity index (χ2v) is 5.08. The van der Waals surface area contributed by atoms with Crippen LogP contribution in [0.1, 0.15) is 38.1 Å². The van der Waals surface area contributed by atoms with Crippen molar-refractivity contribution in [3.63, 3.8) is 0 Å². The summed E-state index contributed by atoms with van der Waals surface area (Å²) in [5, 5.41) is 15.2. The Bertz CT molecular complexity index is 261. The number of rotatable bonds is 6. The summed E-state index contributed by atoms with van der Waals surface area (Å²) >= 11 is 1.75. The molecule has 0 radical (unpaired) electrons. The van der Waals surface area contributed by atoms with Gasteiger partial charge in [0.2, 0.25) is 0 Å². The molecule has 1 heterocycles. The van der Waals surface area contributed by atoms with Gasteiger partial charge < -0.3 is 10.4 Å². The molecule has 1 aromatic rings. The van der Waals surface area contributed by atoms with Gasteiger partial charge in [0.05, 0.1) is 6.10 Å². The molecule has 3 atom stereocenters. The normalized spacial score (nSPS) is 17.3. The van der Waals surface area contributed by atoms with Gasteiger partial charge in [0.1, 0.15) is 0 Å². The largest absolute Gasteiger partial charge is 0.392 e. The first-order valence-electron chi connectivity index (χ1n) is 5.60. The maximum Gasteiger partial charge on any atom is 0.0690 e. The van der Waals surface area contributed by atoms with Crippen LogP contribution in [0.5, 0.6) is 0 Å². The molecule has 0 spiro atoms. The molecule has 0 saturated heterocycles. The Balaban J connectivity index is 2.31. The van der Waals surface area contributed by atoms with Gasteiger partial charge in [-0.2, -0.15) is 0 Å². The van der Waals surface area contributed by atoms with Gasteiger partial charge in [-0.1, -0.05) is 26.3 Å². The Hall–Kier alpha value is -0.380. The number of hydrogen-bond donors (Lipinski definition) is 2. The van der Waals surface area contributed by atoms with E-state index in [9.17, 15) is 5.11 Å². The van der Waals surface area contributed by atoms with Crippen LogP contribution in [0.25, 0.3) is 0 Å². The van der Waals surface area contributed by atoms with Gasteiger partial charge in [-0.3, -0.25) is 0 Å². The summed E-state index contributed by atoms with van der Waals surface area (Å²) in [6, 6.07) is 4.52. The van der Waals surface area contributed by atoms with E-state index in [4.69, 9.17) is 0 Å². The van der Waals surface area contributed by atoms with Crippen molar-refractivity contribution in [1.29, 1.82) is 0 Å². The van der Waals surface area contributed by atoms with E-state index in [-0.39, 0.29) is 6.10 Å². The van der Waals surface area contributed by atoms with E-state index in [1.807, 2.05) is 0 Å². The summed E-state index contributed by atoms with van der Waals surface area (Å²) in [5.74, 6) is 0.369. The predicted octanol–water partition coefficient (Wildman–Crippen LogP) is 2.81. The number of thiophene rings is 1. The third-order valence-electron chi connectivity index (χ3n) is 2.90. The first-order valence-corrected chi connectivity index (χ1v) is 6.48. The lowest BCUT2D eigenvalue weighted by Crippen LogP contribution is -2.32. The van der Waals surface area contributed by atoms with Crippen molar-refractivity contribution < 1.29 is 5.11 Å². The van der Waals surface area contributed by atoms with Crippen molar-refractivity contribution in [2.24, 2.45) is 5.92 Å². The van der Waals surface area contributed by atoms with Crippen molar-refractivity contribution in [3.8, 4) is 0 Å². The number of hydrogen-bond acceptors (Lipinski definition) is 3. The van der Waals surface area contributed by atoms with Crippen LogP contribution in [-0.2, 0) is 0 Å². The van der Waals surface area contributed by atoms with Crippen molar-refractivity contribution in [3.05, 3.63) is 22.4 Å². The highest BCUT2D eigenvalue weighted by Crippen LogP contribution is 2.18. The molecule has 3 unspecified atom stereocenters. The second-order valence-electron chi connectivity index (χ2n) is 4.10. The van der Waals surface area contributed by atoms with Gasteiger partial charge in [-0.15, -0.1) is 11.3 Å². The van der Waals surface area contributed by atoms with E-state index >= 15 is 0 Å². The van der Waals surface area contributed by atoms with Crippen LogP contribution < -0.4 is 5.32 Å². The SMILES string of the molecule is CCC(C)C(O)CNC(C)c1cccs1. The van der Waals surface area contributed by atoms with Gasteiger partial charge in [0.25, 0.3) is 0 Å². The Labute approximate surface area is 96.3 Å². The molecule has 2 nitrogen and oxygen atoms in total. The number of aliphatic hydroxyl groups excluding tert-OH is 1. The third-order valence-corrected chi connectivity index (χ3v) is 3.96. The Morgan fingerprint density at radius 2 is 2.20 bits per heavy atom. The lowest BCUT2D eigenvalue weighted by atomic mass is 10.0. The summed E-state index contributed by atoms with van der Waals surface area (Å²) in [7, 11) is 0. The van der Waals surface area contributed by atoms with Gasteiger partial charge in [-0.25, -0.2) is 0 Å². The molecular formula is C12H21NOS. The molecule has 0 amide bonds. The van der Waals surface area contributed by atoms with Crippen molar-refractivity contribution in [1.82, 2.24) is 5.32 Å². The van der Waals surface area contributed by atoms with Gasteiger partial charge >= 0.3 is 0 Å². The topological polar surface area (TPSA) is 32.3 Å². The maximum absolute atomic E-state index is 9.80. The van der Waals surface area contributed by atoms with E-state index in [2.05, 4.69) is 43.6 Å². The Morgan fingerprint density at radius 3 is 2.73 bits per heavy atom. The zero-order valence-electron chi connectivity index (χ0n) is 9.73. The van der Waals surface area contributed by atoms with Crippen LogP contribution in [-0.4, -0.2) is 17.8 Å². The average molecular weight is 227 g/mol. The molecule has 15 heavy (non-hydrogen) atoms. The molecule has 0 aliphatic heterocycles. The van der Waals surface area contributed by atoms with E-state index < -0.39 is 0 Å². The molecule has 1 aromatic heterocycles. The van der Waals surface area contributed by atoms with Gasteiger partial charge in [0.15, 0.2) is 0 Å². The lowest BCUT2D eigenvalue weighted by molar-refractivity contribution is 0.110. The quantitative estimate of drug-likeness (QED) is 0.783. The van der Waals surface area contributed by atoms with Gasteiger partial charge in [-0.05, 0) is 24.3 Å². The standard InChI is InChI=1S/C12H21NOS/c1-4-9(2)11(14)8-13-10(3)12-6-5-7-15-12/h5-7,9-11,13-14H,4,8H2,1-3H3. The van der Waals surface area contributed by atoms with Crippen LogP contribution in [0, 0.1) is 5.92 Å². The minimum atomic E-state index is -0.239. The van der Waals surface area contributed by atoms with Crippen LogP contribution in [0.2, 0.25) is 0 Å². The van der Waals surface area contributed by atoms with E-state index in [0.29, 0.717) is 18.5 Å². The fraction of sp³-hybridized carbons (Fsp3) is 0.667. The molecule has 86 valence electrons. The molecule has 0 fully saturated rings. The van der Waals surface area contributed by atoms with E-state index in [0.717, 1.165) is 6.42 Å². The zero-order valence-corrected chi connectivity index (χ0v) is 10.6. The minimum Gasteiger partial charge on any atom is -0.392 e. The summed E-state index contributed by atoms with van der Waals surface area (Å²) < 4.78 is 0. The molecule has 0 bridgehead atoms. The minimum absolute atomic E-state index is 0.239.